The molecular weight excluding hydrogens is 356 g/mol. The highest BCUT2D eigenvalue weighted by Crippen LogP contribution is 2.27. The SMILES string of the molecule is CC.CCCN(C[C@@H]1CCN(C(C(=O)O)C(CC)CC)C1)C(=O)OC(C)(C)C. The maximum absolute atomic E-state index is 12.5. The molecule has 1 heterocycles. The third-order valence-corrected chi connectivity index (χ3v) is 5.08. The summed E-state index contributed by atoms with van der Waals surface area (Å²) in [7, 11) is 0. The van der Waals surface area contributed by atoms with E-state index < -0.39 is 17.6 Å². The number of likely N-dealkylation sites (tertiary alicyclic amines) is 1. The fraction of sp³-hybridized carbons (Fsp3) is 0.909. The Labute approximate surface area is 172 Å². The van der Waals surface area contributed by atoms with Gasteiger partial charge in [0.05, 0.1) is 0 Å². The van der Waals surface area contributed by atoms with Gasteiger partial charge in [-0.2, -0.15) is 0 Å². The van der Waals surface area contributed by atoms with Crippen LogP contribution < -0.4 is 0 Å². The second kappa shape index (κ2) is 13.0. The topological polar surface area (TPSA) is 70.1 Å². The van der Waals surface area contributed by atoms with E-state index in [2.05, 4.69) is 18.7 Å². The number of ether oxygens (including phenoxy) is 1. The molecule has 1 unspecified atom stereocenters. The molecule has 1 fully saturated rings. The van der Waals surface area contributed by atoms with Crippen molar-refractivity contribution >= 4 is 12.1 Å². The molecule has 0 aromatic carbocycles. The fourth-order valence-electron chi connectivity index (χ4n) is 3.82. The van der Waals surface area contributed by atoms with Crippen molar-refractivity contribution < 1.29 is 19.4 Å². The van der Waals surface area contributed by atoms with Crippen molar-refractivity contribution in [2.24, 2.45) is 11.8 Å². The Bertz CT molecular complexity index is 458. The van der Waals surface area contributed by atoms with Crippen molar-refractivity contribution in [3.63, 3.8) is 0 Å². The monoisotopic (exact) mass is 400 g/mol. The number of carbonyl (C=O) groups is 2. The van der Waals surface area contributed by atoms with E-state index >= 15 is 0 Å². The Kier molecular flexibility index (Phi) is 12.4. The minimum atomic E-state index is -0.725. The number of aliphatic carboxylic acids is 1. The summed E-state index contributed by atoms with van der Waals surface area (Å²) in [6.45, 7) is 18.6. The van der Waals surface area contributed by atoms with E-state index in [4.69, 9.17) is 4.74 Å². The predicted molar refractivity (Wildman–Crippen MR) is 115 cm³/mol. The molecule has 0 bridgehead atoms. The van der Waals surface area contributed by atoms with Gasteiger partial charge < -0.3 is 14.7 Å². The van der Waals surface area contributed by atoms with Gasteiger partial charge in [0.15, 0.2) is 0 Å². The maximum atomic E-state index is 12.5. The van der Waals surface area contributed by atoms with Crippen LogP contribution in [0.5, 0.6) is 0 Å². The van der Waals surface area contributed by atoms with Crippen LogP contribution in [0.4, 0.5) is 4.79 Å². The van der Waals surface area contributed by atoms with E-state index in [1.807, 2.05) is 41.5 Å². The molecule has 0 aliphatic carbocycles. The highest BCUT2D eigenvalue weighted by atomic mass is 16.6. The third kappa shape index (κ3) is 8.80. The number of carbonyl (C=O) groups excluding carboxylic acids is 1. The van der Waals surface area contributed by atoms with Gasteiger partial charge in [-0.15, -0.1) is 0 Å². The van der Waals surface area contributed by atoms with Gasteiger partial charge in [0.1, 0.15) is 11.6 Å². The van der Waals surface area contributed by atoms with E-state index in [-0.39, 0.29) is 12.0 Å². The first-order chi connectivity index (χ1) is 13.1. The van der Waals surface area contributed by atoms with E-state index in [1.165, 1.54) is 0 Å². The highest BCUT2D eigenvalue weighted by Gasteiger charge is 2.37. The minimum absolute atomic E-state index is 0.170. The molecule has 1 aliphatic heterocycles. The van der Waals surface area contributed by atoms with Crippen molar-refractivity contribution in [1.82, 2.24) is 9.80 Å². The molecule has 1 N–H and O–H groups in total. The first kappa shape index (κ1) is 26.7. The van der Waals surface area contributed by atoms with Crippen molar-refractivity contribution in [3.8, 4) is 0 Å². The van der Waals surface area contributed by atoms with Crippen molar-refractivity contribution in [3.05, 3.63) is 0 Å². The van der Waals surface area contributed by atoms with E-state index in [9.17, 15) is 14.7 Å². The van der Waals surface area contributed by atoms with Crippen LogP contribution in [0.1, 0.15) is 81.1 Å². The van der Waals surface area contributed by atoms with Crippen LogP contribution in [0.15, 0.2) is 0 Å². The second-order valence-electron chi connectivity index (χ2n) is 8.44. The van der Waals surface area contributed by atoms with Gasteiger partial charge in [-0.25, -0.2) is 4.79 Å². The normalized spacial score (nSPS) is 18.4. The standard InChI is InChI=1S/C20H38N2O4.C2H6/c1-7-11-22(19(25)26-20(4,5)6)14-15-10-12-21(13-15)17(18(23)24)16(8-2)9-3;1-2/h15-17H,7-14H2,1-6H3,(H,23,24);1-2H3/t15-,17?;/m1./s1. The summed E-state index contributed by atoms with van der Waals surface area (Å²) >= 11 is 0. The van der Waals surface area contributed by atoms with Crippen LogP contribution in [0.2, 0.25) is 0 Å². The average Bonchev–Trinajstić information content (AvgIpc) is 3.06. The molecule has 2 atom stereocenters. The third-order valence-electron chi connectivity index (χ3n) is 5.08. The average molecular weight is 401 g/mol. The molecule has 1 amide bonds. The summed E-state index contributed by atoms with van der Waals surface area (Å²) in [5.41, 5.74) is -0.505. The number of hydrogen-bond acceptors (Lipinski definition) is 4. The van der Waals surface area contributed by atoms with Gasteiger partial charge in [-0.05, 0) is 52.0 Å². The second-order valence-corrected chi connectivity index (χ2v) is 8.44. The number of rotatable bonds is 9. The molecule has 0 radical (unpaired) electrons. The van der Waals surface area contributed by atoms with Crippen LogP contribution in [-0.2, 0) is 9.53 Å². The lowest BCUT2D eigenvalue weighted by molar-refractivity contribution is -0.145. The van der Waals surface area contributed by atoms with Gasteiger partial charge in [0, 0.05) is 19.6 Å². The summed E-state index contributed by atoms with van der Waals surface area (Å²) < 4.78 is 5.53. The Balaban J connectivity index is 0.00000352. The van der Waals surface area contributed by atoms with Gasteiger partial charge in [-0.1, -0.05) is 47.5 Å². The lowest BCUT2D eigenvalue weighted by Gasteiger charge is -2.31. The lowest BCUT2D eigenvalue weighted by Crippen LogP contribution is -2.45. The van der Waals surface area contributed by atoms with E-state index in [0.717, 1.165) is 38.8 Å². The number of hydrogen-bond donors (Lipinski definition) is 1. The zero-order chi connectivity index (χ0) is 21.9. The smallest absolute Gasteiger partial charge is 0.410 e. The summed E-state index contributed by atoms with van der Waals surface area (Å²) in [5.74, 6) is -0.258. The van der Waals surface area contributed by atoms with Crippen LogP contribution in [-0.4, -0.2) is 64.8 Å². The quantitative estimate of drug-likeness (QED) is 0.598. The molecule has 0 aromatic heterocycles. The Morgan fingerprint density at radius 2 is 1.75 bits per heavy atom. The van der Waals surface area contributed by atoms with Crippen molar-refractivity contribution in [2.45, 2.75) is 92.7 Å². The first-order valence-electron chi connectivity index (χ1n) is 11.1. The van der Waals surface area contributed by atoms with E-state index in [0.29, 0.717) is 19.0 Å². The molecule has 6 nitrogen and oxygen atoms in total. The van der Waals surface area contributed by atoms with Crippen molar-refractivity contribution in [2.75, 3.05) is 26.2 Å². The molecule has 0 saturated carbocycles. The lowest BCUT2D eigenvalue weighted by atomic mass is 9.93. The molecule has 1 aliphatic rings. The summed E-state index contributed by atoms with van der Waals surface area (Å²) in [5, 5.41) is 9.71. The molecule has 6 heteroatoms. The van der Waals surface area contributed by atoms with Gasteiger partial charge in [-0.3, -0.25) is 9.69 Å². The Hall–Kier alpha value is -1.30. The molecule has 1 rings (SSSR count). The zero-order valence-electron chi connectivity index (χ0n) is 19.5. The fourth-order valence-corrected chi connectivity index (χ4v) is 3.82. The Morgan fingerprint density at radius 3 is 2.18 bits per heavy atom. The van der Waals surface area contributed by atoms with Gasteiger partial charge >= 0.3 is 12.1 Å². The number of carboxylic acid groups (broad SMARTS) is 1. The van der Waals surface area contributed by atoms with E-state index in [1.54, 1.807) is 4.90 Å². The Morgan fingerprint density at radius 1 is 1.18 bits per heavy atom. The summed E-state index contributed by atoms with van der Waals surface area (Å²) in [6.07, 6.45) is 3.27. The van der Waals surface area contributed by atoms with Crippen LogP contribution in [0, 0.1) is 11.8 Å². The van der Waals surface area contributed by atoms with Gasteiger partial charge in [0.25, 0.3) is 0 Å². The summed E-state index contributed by atoms with van der Waals surface area (Å²) in [6, 6.07) is -0.420. The molecule has 166 valence electrons. The first-order valence-corrected chi connectivity index (χ1v) is 11.1. The minimum Gasteiger partial charge on any atom is -0.480 e. The van der Waals surface area contributed by atoms with Crippen LogP contribution in [0.3, 0.4) is 0 Å². The predicted octanol–water partition coefficient (Wildman–Crippen LogP) is 4.87. The molecule has 0 aromatic rings. The summed E-state index contributed by atoms with van der Waals surface area (Å²) in [4.78, 5) is 28.2. The molecule has 1 saturated heterocycles. The van der Waals surface area contributed by atoms with Crippen LogP contribution >= 0.6 is 0 Å². The molecule has 0 spiro atoms. The number of nitrogens with zero attached hydrogens (tertiary/aromatic N) is 2. The number of carboxylic acids is 1. The number of amides is 1. The van der Waals surface area contributed by atoms with Crippen molar-refractivity contribution in [1.29, 1.82) is 0 Å². The van der Waals surface area contributed by atoms with Gasteiger partial charge in [0.2, 0.25) is 0 Å². The maximum Gasteiger partial charge on any atom is 0.410 e. The zero-order valence-corrected chi connectivity index (χ0v) is 19.5. The molecule has 28 heavy (non-hydrogen) atoms. The van der Waals surface area contributed by atoms with Crippen LogP contribution in [0.25, 0.3) is 0 Å². The highest BCUT2D eigenvalue weighted by molar-refractivity contribution is 5.74. The molecular formula is C22H44N2O4. The largest absolute Gasteiger partial charge is 0.480 e.